The van der Waals surface area contributed by atoms with E-state index in [0.717, 1.165) is 48.8 Å². The van der Waals surface area contributed by atoms with Crippen LogP contribution in [0.25, 0.3) is 6.08 Å². The summed E-state index contributed by atoms with van der Waals surface area (Å²) in [5.41, 5.74) is 1.57. The van der Waals surface area contributed by atoms with Gasteiger partial charge in [0, 0.05) is 18.9 Å². The van der Waals surface area contributed by atoms with Crippen LogP contribution in [-0.4, -0.2) is 90.3 Å². The van der Waals surface area contributed by atoms with Gasteiger partial charge in [0.2, 0.25) is 21.8 Å². The number of sulfonamides is 1. The van der Waals surface area contributed by atoms with Gasteiger partial charge in [-0.2, -0.15) is 0 Å². The molecule has 1 aromatic rings. The number of hydrogen-bond donors (Lipinski definition) is 3. The molecule has 292 valence electrons. The topological polar surface area (TPSA) is 181 Å². The van der Waals surface area contributed by atoms with Crippen molar-refractivity contribution in [2.75, 3.05) is 13.2 Å². The van der Waals surface area contributed by atoms with E-state index < -0.39 is 74.8 Å². The molecule has 14 nitrogen and oxygen atoms in total. The third-order valence-electron chi connectivity index (χ3n) is 11.5. The van der Waals surface area contributed by atoms with Gasteiger partial charge in [-0.05, 0) is 80.4 Å². The highest BCUT2D eigenvalue weighted by atomic mass is 32.2. The van der Waals surface area contributed by atoms with Crippen molar-refractivity contribution in [1.29, 1.82) is 0 Å². The second-order valence-electron chi connectivity index (χ2n) is 15.8. The van der Waals surface area contributed by atoms with Crippen LogP contribution in [0.1, 0.15) is 101 Å². The number of nitrogens with zero attached hydrogens (tertiary/aromatic N) is 2. The zero-order chi connectivity index (χ0) is 38.0. The maximum Gasteiger partial charge on any atom is 0.410 e. The molecule has 3 fully saturated rings. The lowest BCUT2D eigenvalue weighted by Crippen LogP contribution is -2.58. The van der Waals surface area contributed by atoms with Crippen molar-refractivity contribution in [3.63, 3.8) is 0 Å². The van der Waals surface area contributed by atoms with E-state index in [9.17, 15) is 32.4 Å². The van der Waals surface area contributed by atoms with E-state index in [2.05, 4.69) is 27.5 Å². The average Bonchev–Trinajstić information content (AvgIpc) is 4.02. The van der Waals surface area contributed by atoms with Gasteiger partial charge in [0.25, 0.3) is 5.91 Å². The smallest absolute Gasteiger partial charge is 0.410 e. The van der Waals surface area contributed by atoms with Crippen molar-refractivity contribution in [1.82, 2.24) is 25.2 Å². The number of hydrogen-bond acceptors (Lipinski definition) is 9. The van der Waals surface area contributed by atoms with Crippen molar-refractivity contribution in [2.24, 2.45) is 11.8 Å². The monoisotopic (exact) mass is 765 g/mol. The number of nitrogens with one attached hydrogen (secondary N) is 3. The first-order chi connectivity index (χ1) is 25.9. The number of benzene rings is 1. The Morgan fingerprint density at radius 3 is 2.61 bits per heavy atom. The predicted octanol–water partition coefficient (Wildman–Crippen LogP) is 4.04. The van der Waals surface area contributed by atoms with E-state index in [1.807, 2.05) is 37.3 Å². The highest BCUT2D eigenvalue weighted by Gasteiger charge is 2.62. The van der Waals surface area contributed by atoms with Crippen molar-refractivity contribution < 1.29 is 41.9 Å². The number of ether oxygens (including phenoxy) is 2. The maximum absolute atomic E-state index is 14.4. The number of allylic oxidation sites excluding steroid dienone is 2. The van der Waals surface area contributed by atoms with Gasteiger partial charge in [-0.3, -0.25) is 24.0 Å². The largest absolute Gasteiger partial charge is 0.449 e. The molecule has 0 aromatic heterocycles. The van der Waals surface area contributed by atoms with Crippen molar-refractivity contribution in [3.8, 4) is 0 Å². The Bertz CT molecular complexity index is 1830. The molecule has 3 N–H and O–H groups in total. The number of carbonyl (C=O) groups excluding carboxylic acids is 5. The molecular weight excluding hydrogens is 715 g/mol. The molecule has 0 radical (unpaired) electrons. The first-order valence-corrected chi connectivity index (χ1v) is 21.0. The number of alkyl carbamates (subject to hydrolysis) is 1. The SMILES string of the molecule is C[C@@H]1CCC/C=C/c2cccc3c2CN(C3)C(=O)O[C@@H]2C[C@H]3C(=O)N[C@]4(C(=O)NS(=O)(=O)C5CC5)C[C@H]4/C=C\CCCCC[C@H](NC(=O)OC1)C(=O)N3C2. The normalized spacial score (nSPS) is 32.4. The van der Waals surface area contributed by atoms with Crippen LogP contribution in [0.4, 0.5) is 9.59 Å². The molecule has 54 heavy (non-hydrogen) atoms. The van der Waals surface area contributed by atoms with Crippen molar-refractivity contribution >= 4 is 46.0 Å². The molecule has 1 saturated heterocycles. The fourth-order valence-corrected chi connectivity index (χ4v) is 9.44. The second kappa shape index (κ2) is 15.8. The van der Waals surface area contributed by atoms with Crippen molar-refractivity contribution in [2.45, 2.75) is 126 Å². The van der Waals surface area contributed by atoms with Gasteiger partial charge in [-0.15, -0.1) is 0 Å². The number of fused-ring (bicyclic) bond motifs is 4. The summed E-state index contributed by atoms with van der Waals surface area (Å²) in [5, 5.41) is 4.96. The Morgan fingerprint density at radius 2 is 1.80 bits per heavy atom. The Hall–Kier alpha value is -4.40. The molecule has 2 aliphatic carbocycles. The Labute approximate surface area is 316 Å². The Balaban J connectivity index is 1.17. The fourth-order valence-electron chi connectivity index (χ4n) is 8.08. The molecule has 0 unspecified atom stereocenters. The first kappa shape index (κ1) is 37.9. The van der Waals surface area contributed by atoms with Gasteiger partial charge in [0.15, 0.2) is 0 Å². The summed E-state index contributed by atoms with van der Waals surface area (Å²) in [6, 6.07) is 3.80. The molecule has 6 aliphatic rings. The van der Waals surface area contributed by atoms with Crippen LogP contribution in [-0.2, 0) is 47.0 Å². The van der Waals surface area contributed by atoms with Crippen molar-refractivity contribution in [3.05, 3.63) is 53.1 Å². The minimum atomic E-state index is -3.90. The molecule has 4 aliphatic heterocycles. The minimum absolute atomic E-state index is 0.0502. The van der Waals surface area contributed by atoms with Gasteiger partial charge >= 0.3 is 12.2 Å². The van der Waals surface area contributed by atoms with E-state index in [4.69, 9.17) is 9.47 Å². The summed E-state index contributed by atoms with van der Waals surface area (Å²) in [5.74, 6) is -2.34. The summed E-state index contributed by atoms with van der Waals surface area (Å²) in [4.78, 5) is 72.1. The second-order valence-corrected chi connectivity index (χ2v) is 17.8. The van der Waals surface area contributed by atoms with Crippen LogP contribution in [0.2, 0.25) is 0 Å². The van der Waals surface area contributed by atoms with Crippen LogP contribution in [0.3, 0.4) is 0 Å². The standard InChI is InChI=1S/C39H51N5O9S/c1-25-11-6-5-7-12-26-13-10-14-27-21-43(23-31(26)27)38(49)53-29-19-33-34(45)41-39(36(47)42-54(50,51)30-17-18-30)20-28(39)15-8-3-2-4-9-16-32(35(46)44(33)22-29)40-37(48)52-24-25/h7-8,10,12-15,25,28-30,32-33H,2-6,9,11,16-24H2,1H3,(H,40,48)(H,41,45)(H,42,47)/b12-7+,15-8-/t25-,28-,29-,32+,33+,39-/m1/s1. The summed E-state index contributed by atoms with van der Waals surface area (Å²) >= 11 is 0. The molecule has 0 spiro atoms. The average molecular weight is 766 g/mol. The third kappa shape index (κ3) is 8.45. The lowest BCUT2D eigenvalue weighted by molar-refractivity contribution is -0.141. The fraction of sp³-hybridized carbons (Fsp3) is 0.615. The lowest BCUT2D eigenvalue weighted by atomic mass is 10.0. The summed E-state index contributed by atoms with van der Waals surface area (Å²) in [6.07, 6.45) is 12.6. The molecule has 2 saturated carbocycles. The van der Waals surface area contributed by atoms with E-state index >= 15 is 0 Å². The molecule has 7 rings (SSSR count). The van der Waals surface area contributed by atoms with E-state index in [-0.39, 0.29) is 31.9 Å². The zero-order valence-corrected chi connectivity index (χ0v) is 31.6. The number of amides is 5. The van der Waals surface area contributed by atoms with E-state index in [0.29, 0.717) is 45.2 Å². The Morgan fingerprint density at radius 1 is 0.981 bits per heavy atom. The molecule has 5 amide bonds. The van der Waals surface area contributed by atoms with Gasteiger partial charge in [-0.1, -0.05) is 62.3 Å². The van der Waals surface area contributed by atoms with Crippen LogP contribution < -0.4 is 15.4 Å². The van der Waals surface area contributed by atoms with Gasteiger partial charge in [-0.25, -0.2) is 18.0 Å². The molecule has 15 heteroatoms. The summed E-state index contributed by atoms with van der Waals surface area (Å²) in [7, 11) is -3.90. The summed E-state index contributed by atoms with van der Waals surface area (Å²) < 4.78 is 39.4. The Kier molecular flexibility index (Phi) is 11.1. The van der Waals surface area contributed by atoms with Crippen LogP contribution in [0, 0.1) is 11.8 Å². The molecular formula is C39H51N5O9S. The quantitative estimate of drug-likeness (QED) is 0.383. The highest BCUT2D eigenvalue weighted by Crippen LogP contribution is 2.46. The first-order valence-electron chi connectivity index (χ1n) is 19.4. The number of carbonyl (C=O) groups is 5. The van der Waals surface area contributed by atoms with Crippen LogP contribution in [0.5, 0.6) is 0 Å². The van der Waals surface area contributed by atoms with Gasteiger partial charge in [0.05, 0.1) is 24.9 Å². The zero-order valence-electron chi connectivity index (χ0n) is 30.8. The third-order valence-corrected chi connectivity index (χ3v) is 13.4. The predicted molar refractivity (Wildman–Crippen MR) is 198 cm³/mol. The lowest BCUT2D eigenvalue weighted by Gasteiger charge is -2.29. The van der Waals surface area contributed by atoms with Crippen LogP contribution >= 0.6 is 0 Å². The summed E-state index contributed by atoms with van der Waals surface area (Å²) in [6.45, 7) is 2.79. The molecule has 1 aromatic carbocycles. The van der Waals surface area contributed by atoms with Gasteiger partial charge in [0.1, 0.15) is 23.7 Å². The minimum Gasteiger partial charge on any atom is -0.449 e. The molecule has 5 bridgehead atoms. The van der Waals surface area contributed by atoms with E-state index in [1.165, 1.54) is 4.90 Å². The van der Waals surface area contributed by atoms with Gasteiger partial charge < -0.3 is 25.0 Å². The molecule has 4 heterocycles. The molecule has 6 atom stereocenters. The maximum atomic E-state index is 14.4. The van der Waals surface area contributed by atoms with Crippen LogP contribution in [0.15, 0.2) is 36.4 Å². The number of cyclic esters (lactones) is 1. The number of rotatable bonds is 3. The van der Waals surface area contributed by atoms with E-state index in [1.54, 1.807) is 4.90 Å². The highest BCUT2D eigenvalue weighted by molar-refractivity contribution is 7.91.